The number of aromatic nitrogens is 2. The van der Waals surface area contributed by atoms with E-state index < -0.39 is 5.25 Å². The Labute approximate surface area is 242 Å². The highest BCUT2D eigenvalue weighted by Crippen LogP contribution is 2.48. The summed E-state index contributed by atoms with van der Waals surface area (Å²) in [5.74, 6) is -0.191. The summed E-state index contributed by atoms with van der Waals surface area (Å²) in [4.78, 5) is 28.6. The van der Waals surface area contributed by atoms with E-state index in [-0.39, 0.29) is 36.0 Å². The molecule has 6 rings (SSSR count). The fourth-order valence-electron chi connectivity index (χ4n) is 5.43. The molecule has 210 valence electrons. The molecule has 9 heteroatoms. The zero-order valence-corrected chi connectivity index (χ0v) is 23.6. The number of hydrogen-bond donors (Lipinski definition) is 1. The fraction of sp³-hybridized carbons (Fsp3) is 0.281. The van der Waals surface area contributed by atoms with Crippen LogP contribution in [0.15, 0.2) is 78.9 Å². The molecule has 41 heavy (non-hydrogen) atoms. The van der Waals surface area contributed by atoms with Crippen molar-refractivity contribution in [2.75, 3.05) is 30.3 Å². The summed E-state index contributed by atoms with van der Waals surface area (Å²) in [6.45, 7) is 2.93. The minimum absolute atomic E-state index is 0.00948. The molecule has 0 aliphatic carbocycles. The van der Waals surface area contributed by atoms with Gasteiger partial charge in [-0.15, -0.1) is 11.8 Å². The molecule has 1 N–H and O–H groups in total. The second-order valence-corrected chi connectivity index (χ2v) is 11.5. The van der Waals surface area contributed by atoms with Gasteiger partial charge in [0.2, 0.25) is 11.8 Å². The van der Waals surface area contributed by atoms with Crippen molar-refractivity contribution in [2.45, 2.75) is 31.1 Å². The number of carbonyl (C=O) groups is 2. The minimum atomic E-state index is -0.390. The zero-order chi connectivity index (χ0) is 28.3. The molecule has 0 spiro atoms. The summed E-state index contributed by atoms with van der Waals surface area (Å²) in [5, 5.41) is 7.64. The molecule has 1 saturated heterocycles. The van der Waals surface area contributed by atoms with Crippen molar-refractivity contribution in [3.63, 3.8) is 0 Å². The SMILES string of the molecule is Cc1cccc(-n2nc(-c3ccccc3)c3c2N(CC(=O)NC[C@H]2CCCO2)C(=O)CS[C@H]3c2cccc(F)c2)c1. The van der Waals surface area contributed by atoms with E-state index in [1.165, 1.54) is 28.8 Å². The van der Waals surface area contributed by atoms with Gasteiger partial charge in [0.1, 0.15) is 18.2 Å². The van der Waals surface area contributed by atoms with Gasteiger partial charge in [-0.3, -0.25) is 14.5 Å². The van der Waals surface area contributed by atoms with Crippen molar-refractivity contribution in [2.24, 2.45) is 0 Å². The Morgan fingerprint density at radius 2 is 1.93 bits per heavy atom. The van der Waals surface area contributed by atoms with Crippen LogP contribution in [-0.4, -0.2) is 53.1 Å². The molecule has 2 aliphatic heterocycles. The summed E-state index contributed by atoms with van der Waals surface area (Å²) >= 11 is 1.42. The molecule has 2 atom stereocenters. The van der Waals surface area contributed by atoms with Crippen molar-refractivity contribution >= 4 is 29.4 Å². The van der Waals surface area contributed by atoms with Crippen LogP contribution < -0.4 is 10.2 Å². The number of benzene rings is 3. The molecule has 3 aromatic carbocycles. The second kappa shape index (κ2) is 11.9. The predicted octanol–water partition coefficient (Wildman–Crippen LogP) is 5.45. The Kier molecular flexibility index (Phi) is 7.89. The van der Waals surface area contributed by atoms with Crippen LogP contribution in [0.3, 0.4) is 0 Å². The molecular formula is C32H31FN4O3S. The Balaban J connectivity index is 1.52. The van der Waals surface area contributed by atoms with Gasteiger partial charge in [-0.1, -0.05) is 54.6 Å². The molecule has 4 aromatic rings. The van der Waals surface area contributed by atoms with Crippen LogP contribution in [0.4, 0.5) is 10.2 Å². The number of amides is 2. The van der Waals surface area contributed by atoms with Gasteiger partial charge in [-0.2, -0.15) is 5.10 Å². The topological polar surface area (TPSA) is 76.5 Å². The van der Waals surface area contributed by atoms with Gasteiger partial charge in [0.05, 0.1) is 28.5 Å². The van der Waals surface area contributed by atoms with Crippen LogP contribution in [0, 0.1) is 12.7 Å². The average Bonchev–Trinajstić information content (AvgIpc) is 3.61. The highest BCUT2D eigenvalue weighted by molar-refractivity contribution is 8.00. The standard InChI is InChI=1S/C32H31FN4O3S/c1-21-8-5-13-25(16-21)37-32-29(30(35-37)22-9-3-2-4-10-22)31(23-11-6-12-24(33)17-23)41-20-28(39)36(32)19-27(38)34-18-26-14-7-15-40-26/h2-6,8-13,16-17,26,31H,7,14-15,18-20H2,1H3,(H,34,38)/t26-,31+/m1/s1. The molecule has 0 unspecified atom stereocenters. The lowest BCUT2D eigenvalue weighted by molar-refractivity contribution is -0.123. The number of thioether (sulfide) groups is 1. The number of ether oxygens (including phenoxy) is 1. The molecule has 2 aliphatic rings. The first-order valence-electron chi connectivity index (χ1n) is 13.8. The largest absolute Gasteiger partial charge is 0.376 e. The van der Waals surface area contributed by atoms with Gasteiger partial charge in [0.25, 0.3) is 0 Å². The lowest BCUT2D eigenvalue weighted by Gasteiger charge is -2.23. The van der Waals surface area contributed by atoms with E-state index in [1.54, 1.807) is 10.7 Å². The number of fused-ring (bicyclic) bond motifs is 1. The zero-order valence-electron chi connectivity index (χ0n) is 22.8. The monoisotopic (exact) mass is 570 g/mol. The molecule has 7 nitrogen and oxygen atoms in total. The van der Waals surface area contributed by atoms with E-state index in [4.69, 9.17) is 9.84 Å². The Morgan fingerprint density at radius 3 is 2.68 bits per heavy atom. The number of aryl methyl sites for hydroxylation is 1. The van der Waals surface area contributed by atoms with Crippen LogP contribution in [-0.2, 0) is 14.3 Å². The first kappa shape index (κ1) is 27.2. The molecule has 2 amide bonds. The second-order valence-electron chi connectivity index (χ2n) is 10.4. The lowest BCUT2D eigenvalue weighted by atomic mass is 9.99. The molecule has 1 aromatic heterocycles. The van der Waals surface area contributed by atoms with E-state index in [0.29, 0.717) is 24.7 Å². The fourth-order valence-corrected chi connectivity index (χ4v) is 6.62. The number of rotatable bonds is 7. The summed E-state index contributed by atoms with van der Waals surface area (Å²) in [7, 11) is 0. The quantitative estimate of drug-likeness (QED) is 0.320. The third kappa shape index (κ3) is 5.78. The van der Waals surface area contributed by atoms with E-state index in [1.807, 2.05) is 67.6 Å². The number of nitrogens with zero attached hydrogens (tertiary/aromatic N) is 3. The van der Waals surface area contributed by atoms with Crippen molar-refractivity contribution in [3.05, 3.63) is 101 Å². The summed E-state index contributed by atoms with van der Waals surface area (Å²) in [6.07, 6.45) is 1.87. The Bertz CT molecular complexity index is 1570. The van der Waals surface area contributed by atoms with Crippen molar-refractivity contribution in [1.82, 2.24) is 15.1 Å². The van der Waals surface area contributed by atoms with Crippen LogP contribution in [0.2, 0.25) is 0 Å². The first-order valence-corrected chi connectivity index (χ1v) is 14.8. The number of nitrogens with one attached hydrogen (secondary N) is 1. The van der Waals surface area contributed by atoms with E-state index >= 15 is 0 Å². The summed E-state index contributed by atoms with van der Waals surface area (Å²) in [6, 6.07) is 24.1. The van der Waals surface area contributed by atoms with E-state index in [9.17, 15) is 14.0 Å². The van der Waals surface area contributed by atoms with Crippen molar-refractivity contribution in [3.8, 4) is 16.9 Å². The average molecular weight is 571 g/mol. The lowest BCUT2D eigenvalue weighted by Crippen LogP contribution is -2.44. The van der Waals surface area contributed by atoms with Gasteiger partial charge in [0.15, 0.2) is 0 Å². The molecule has 0 radical (unpaired) electrons. The predicted molar refractivity (Wildman–Crippen MR) is 159 cm³/mol. The molecule has 3 heterocycles. The maximum absolute atomic E-state index is 14.5. The molecule has 0 bridgehead atoms. The number of anilines is 1. The maximum atomic E-state index is 14.5. The number of hydrogen-bond acceptors (Lipinski definition) is 5. The van der Waals surface area contributed by atoms with E-state index in [0.717, 1.165) is 40.8 Å². The molecule has 1 fully saturated rings. The highest BCUT2D eigenvalue weighted by atomic mass is 32.2. The van der Waals surface area contributed by atoms with Crippen LogP contribution >= 0.6 is 11.8 Å². The third-order valence-corrected chi connectivity index (χ3v) is 8.64. The summed E-state index contributed by atoms with van der Waals surface area (Å²) in [5.41, 5.74) is 4.86. The Morgan fingerprint density at radius 1 is 1.10 bits per heavy atom. The van der Waals surface area contributed by atoms with Gasteiger partial charge in [0, 0.05) is 24.3 Å². The van der Waals surface area contributed by atoms with E-state index in [2.05, 4.69) is 5.32 Å². The van der Waals surface area contributed by atoms with Crippen LogP contribution in [0.5, 0.6) is 0 Å². The van der Waals surface area contributed by atoms with Crippen molar-refractivity contribution < 1.29 is 18.7 Å². The minimum Gasteiger partial charge on any atom is -0.376 e. The maximum Gasteiger partial charge on any atom is 0.240 e. The summed E-state index contributed by atoms with van der Waals surface area (Å²) < 4.78 is 21.9. The third-order valence-electron chi connectivity index (χ3n) is 7.39. The molecule has 0 saturated carbocycles. The number of carbonyl (C=O) groups excluding carboxylic acids is 2. The first-order chi connectivity index (χ1) is 20.0. The Hall–Kier alpha value is -3.95. The highest BCUT2D eigenvalue weighted by Gasteiger charge is 2.38. The molecular weight excluding hydrogens is 539 g/mol. The van der Waals surface area contributed by atoms with Gasteiger partial charge < -0.3 is 10.1 Å². The smallest absolute Gasteiger partial charge is 0.240 e. The van der Waals surface area contributed by atoms with Gasteiger partial charge >= 0.3 is 0 Å². The van der Waals surface area contributed by atoms with Crippen molar-refractivity contribution in [1.29, 1.82) is 0 Å². The number of halogens is 1. The van der Waals surface area contributed by atoms with Gasteiger partial charge in [-0.05, 0) is 55.2 Å². The van der Waals surface area contributed by atoms with Gasteiger partial charge in [-0.25, -0.2) is 9.07 Å². The normalized spacial score (nSPS) is 18.7. The van der Waals surface area contributed by atoms with Crippen LogP contribution in [0.1, 0.15) is 34.8 Å². The van der Waals surface area contributed by atoms with Crippen LogP contribution in [0.25, 0.3) is 16.9 Å².